The van der Waals surface area contributed by atoms with Crippen LogP contribution in [-0.4, -0.2) is 18.8 Å². The van der Waals surface area contributed by atoms with Gasteiger partial charge in [0.2, 0.25) is 0 Å². The fourth-order valence-corrected chi connectivity index (χ4v) is 4.69. The van der Waals surface area contributed by atoms with Crippen molar-refractivity contribution in [1.82, 2.24) is 0 Å². The minimum Gasteiger partial charge on any atom is -0.385 e. The first-order valence-electron chi connectivity index (χ1n) is 5.53. The van der Waals surface area contributed by atoms with E-state index in [0.717, 1.165) is 30.9 Å². The molecule has 1 N–H and O–H groups in total. The standard InChI is InChI=1S/C12H22OSi/c1-5-11(14(2,3)4)12(13)9-7-6-8-10-12/h13H,1,6-10H2,2-4H3. The topological polar surface area (TPSA) is 20.2 Å². The Hall–Kier alpha value is -0.303. The van der Waals surface area contributed by atoms with E-state index in [1.165, 1.54) is 6.42 Å². The molecule has 1 saturated carbocycles. The van der Waals surface area contributed by atoms with E-state index in [0.29, 0.717) is 0 Å². The van der Waals surface area contributed by atoms with Gasteiger partial charge in [0.15, 0.2) is 0 Å². The van der Waals surface area contributed by atoms with Crippen LogP contribution in [-0.2, 0) is 0 Å². The molecule has 0 radical (unpaired) electrons. The monoisotopic (exact) mass is 210 g/mol. The summed E-state index contributed by atoms with van der Waals surface area (Å²) in [7, 11) is -1.45. The van der Waals surface area contributed by atoms with Crippen LogP contribution < -0.4 is 0 Å². The van der Waals surface area contributed by atoms with Crippen molar-refractivity contribution in [3.63, 3.8) is 0 Å². The number of aliphatic hydroxyl groups is 1. The first-order chi connectivity index (χ1) is 6.40. The van der Waals surface area contributed by atoms with Crippen LogP contribution in [0.5, 0.6) is 0 Å². The Bertz CT molecular complexity index is 250. The molecule has 0 aromatic heterocycles. The lowest BCUT2D eigenvalue weighted by Gasteiger charge is -2.38. The van der Waals surface area contributed by atoms with Gasteiger partial charge in [-0.15, -0.1) is 5.73 Å². The highest BCUT2D eigenvalue weighted by Crippen LogP contribution is 2.37. The molecule has 80 valence electrons. The van der Waals surface area contributed by atoms with Crippen molar-refractivity contribution in [3.05, 3.63) is 17.5 Å². The maximum absolute atomic E-state index is 10.6. The van der Waals surface area contributed by atoms with Crippen LogP contribution in [0, 0.1) is 0 Å². The van der Waals surface area contributed by atoms with E-state index in [4.69, 9.17) is 0 Å². The molecule has 0 unspecified atom stereocenters. The van der Waals surface area contributed by atoms with Crippen molar-refractivity contribution in [3.8, 4) is 0 Å². The van der Waals surface area contributed by atoms with Gasteiger partial charge < -0.3 is 5.11 Å². The van der Waals surface area contributed by atoms with Crippen molar-refractivity contribution in [2.24, 2.45) is 0 Å². The summed E-state index contributed by atoms with van der Waals surface area (Å²) in [5, 5.41) is 11.7. The largest absolute Gasteiger partial charge is 0.385 e. The molecule has 0 spiro atoms. The van der Waals surface area contributed by atoms with Gasteiger partial charge in [-0.3, -0.25) is 0 Å². The van der Waals surface area contributed by atoms with Gasteiger partial charge in [0.25, 0.3) is 0 Å². The SMILES string of the molecule is C=C=C(C1(O)CCCCC1)[Si](C)(C)C. The molecule has 14 heavy (non-hydrogen) atoms. The van der Waals surface area contributed by atoms with Crippen molar-refractivity contribution >= 4 is 8.07 Å². The van der Waals surface area contributed by atoms with Crippen molar-refractivity contribution in [2.45, 2.75) is 57.3 Å². The quantitative estimate of drug-likeness (QED) is 0.548. The van der Waals surface area contributed by atoms with Crippen LogP contribution in [0.4, 0.5) is 0 Å². The molecule has 0 aromatic rings. The zero-order valence-corrected chi connectivity index (χ0v) is 10.7. The lowest BCUT2D eigenvalue weighted by atomic mass is 9.84. The number of rotatable bonds is 2. The van der Waals surface area contributed by atoms with Gasteiger partial charge in [-0.2, -0.15) is 0 Å². The molecule has 1 aliphatic rings. The summed E-state index contributed by atoms with van der Waals surface area (Å²) in [6.07, 6.45) is 5.38. The lowest BCUT2D eigenvalue weighted by Crippen LogP contribution is -2.43. The normalized spacial score (nSPS) is 21.4. The maximum Gasteiger partial charge on any atom is 0.0893 e. The Balaban J connectivity index is 2.94. The van der Waals surface area contributed by atoms with Crippen molar-refractivity contribution in [1.29, 1.82) is 0 Å². The van der Waals surface area contributed by atoms with Crippen LogP contribution in [0.3, 0.4) is 0 Å². The van der Waals surface area contributed by atoms with Crippen LogP contribution in [0.25, 0.3) is 0 Å². The van der Waals surface area contributed by atoms with Crippen LogP contribution >= 0.6 is 0 Å². The van der Waals surface area contributed by atoms with Gasteiger partial charge in [0.05, 0.1) is 13.7 Å². The second kappa shape index (κ2) is 4.06. The maximum atomic E-state index is 10.6. The highest BCUT2D eigenvalue weighted by molar-refractivity contribution is 6.83. The second-order valence-electron chi connectivity index (χ2n) is 5.39. The average Bonchev–Trinajstić information content (AvgIpc) is 2.03. The molecule has 1 fully saturated rings. The fraction of sp³-hybridized carbons (Fsp3) is 0.750. The molecule has 0 saturated heterocycles. The lowest BCUT2D eigenvalue weighted by molar-refractivity contribution is 0.0457. The average molecular weight is 210 g/mol. The molecule has 0 aliphatic heterocycles. The Morgan fingerprint density at radius 3 is 2.07 bits per heavy atom. The van der Waals surface area contributed by atoms with Crippen LogP contribution in [0.2, 0.25) is 19.6 Å². The molecule has 0 aromatic carbocycles. The fourth-order valence-electron chi connectivity index (χ4n) is 2.51. The highest BCUT2D eigenvalue weighted by Gasteiger charge is 2.39. The van der Waals surface area contributed by atoms with E-state index >= 15 is 0 Å². The predicted octanol–water partition coefficient (Wildman–Crippen LogP) is 3.27. The molecule has 0 amide bonds. The second-order valence-corrected chi connectivity index (χ2v) is 10.4. The summed E-state index contributed by atoms with van der Waals surface area (Å²) < 4.78 is 0. The molecular formula is C12H22OSi. The van der Waals surface area contributed by atoms with Crippen LogP contribution in [0.15, 0.2) is 17.5 Å². The molecule has 0 atom stereocenters. The smallest absolute Gasteiger partial charge is 0.0893 e. The third kappa shape index (κ3) is 2.38. The van der Waals surface area contributed by atoms with Gasteiger partial charge in [0.1, 0.15) is 0 Å². The zero-order valence-electron chi connectivity index (χ0n) is 9.69. The Labute approximate surface area is 88.5 Å². The predicted molar refractivity (Wildman–Crippen MR) is 64.0 cm³/mol. The van der Waals surface area contributed by atoms with Crippen LogP contribution in [0.1, 0.15) is 32.1 Å². The first kappa shape index (κ1) is 11.8. The number of hydrogen-bond acceptors (Lipinski definition) is 1. The summed E-state index contributed by atoms with van der Waals surface area (Å²) in [6.45, 7) is 10.5. The van der Waals surface area contributed by atoms with E-state index in [2.05, 4.69) is 32.0 Å². The van der Waals surface area contributed by atoms with E-state index in [-0.39, 0.29) is 0 Å². The molecule has 1 aliphatic carbocycles. The highest BCUT2D eigenvalue weighted by atomic mass is 28.3. The van der Waals surface area contributed by atoms with E-state index in [1.807, 2.05) is 0 Å². The molecule has 1 nitrogen and oxygen atoms in total. The van der Waals surface area contributed by atoms with Crippen molar-refractivity contribution in [2.75, 3.05) is 0 Å². The minimum absolute atomic E-state index is 0.565. The summed E-state index contributed by atoms with van der Waals surface area (Å²) >= 11 is 0. The third-order valence-electron chi connectivity index (χ3n) is 3.07. The molecular weight excluding hydrogens is 188 g/mol. The van der Waals surface area contributed by atoms with Gasteiger partial charge in [-0.1, -0.05) is 45.5 Å². The summed E-state index contributed by atoms with van der Waals surface area (Å²) in [5.74, 6) is 0. The van der Waals surface area contributed by atoms with Gasteiger partial charge in [0, 0.05) is 0 Å². The van der Waals surface area contributed by atoms with E-state index < -0.39 is 13.7 Å². The summed E-state index contributed by atoms with van der Waals surface area (Å²) in [5.41, 5.74) is 2.47. The molecule has 2 heteroatoms. The third-order valence-corrected chi connectivity index (χ3v) is 5.21. The summed E-state index contributed by atoms with van der Waals surface area (Å²) in [6, 6.07) is 0. The minimum atomic E-state index is -1.45. The number of hydrogen-bond donors (Lipinski definition) is 1. The Kier molecular flexibility index (Phi) is 3.41. The molecule has 0 bridgehead atoms. The van der Waals surface area contributed by atoms with E-state index in [1.54, 1.807) is 0 Å². The van der Waals surface area contributed by atoms with Gasteiger partial charge in [-0.25, -0.2) is 0 Å². The van der Waals surface area contributed by atoms with Gasteiger partial charge >= 0.3 is 0 Å². The van der Waals surface area contributed by atoms with Gasteiger partial charge in [-0.05, 0) is 18.0 Å². The zero-order chi connectivity index (χ0) is 10.8. The van der Waals surface area contributed by atoms with Crippen molar-refractivity contribution < 1.29 is 5.11 Å². The van der Waals surface area contributed by atoms with E-state index in [9.17, 15) is 5.11 Å². The summed E-state index contributed by atoms with van der Waals surface area (Å²) in [4.78, 5) is 0. The molecule has 1 rings (SSSR count). The Morgan fingerprint density at radius 1 is 1.21 bits per heavy atom. The Morgan fingerprint density at radius 2 is 1.71 bits per heavy atom. The first-order valence-corrected chi connectivity index (χ1v) is 9.03. The molecule has 0 heterocycles.